The average molecular weight is 299 g/mol. The first kappa shape index (κ1) is 15.9. The first-order chi connectivity index (χ1) is 10.6. The maximum atomic E-state index is 11.6. The number of esters is 1. The summed E-state index contributed by atoms with van der Waals surface area (Å²) in [6.45, 7) is 4.26. The Balaban J connectivity index is 2.02. The summed E-state index contributed by atoms with van der Waals surface area (Å²) in [5.74, 6) is 0.543. The summed E-state index contributed by atoms with van der Waals surface area (Å²) in [5, 5.41) is 3.41. The Bertz CT molecular complexity index is 605. The molecular formula is C18H21NO3. The summed E-state index contributed by atoms with van der Waals surface area (Å²) in [6.07, 6.45) is 0. The normalized spacial score (nSPS) is 11.6. The van der Waals surface area contributed by atoms with Gasteiger partial charge in [-0.15, -0.1) is 0 Å². The Kier molecular flexibility index (Phi) is 5.42. The number of benzene rings is 2. The molecule has 4 nitrogen and oxygen atoms in total. The molecule has 2 aromatic rings. The van der Waals surface area contributed by atoms with E-state index in [-0.39, 0.29) is 12.0 Å². The van der Waals surface area contributed by atoms with Gasteiger partial charge in [-0.2, -0.15) is 0 Å². The summed E-state index contributed by atoms with van der Waals surface area (Å²) in [7, 11) is 1.65. The highest BCUT2D eigenvalue weighted by Crippen LogP contribution is 2.22. The number of hydrogen-bond donors (Lipinski definition) is 1. The number of anilines is 1. The van der Waals surface area contributed by atoms with E-state index in [1.165, 1.54) is 0 Å². The Morgan fingerprint density at radius 2 is 1.73 bits per heavy atom. The maximum Gasteiger partial charge on any atom is 0.338 e. The van der Waals surface area contributed by atoms with Gasteiger partial charge in [-0.05, 0) is 55.8 Å². The molecule has 2 aromatic carbocycles. The second-order valence-corrected chi connectivity index (χ2v) is 4.94. The monoisotopic (exact) mass is 299 g/mol. The van der Waals surface area contributed by atoms with Gasteiger partial charge < -0.3 is 14.8 Å². The van der Waals surface area contributed by atoms with E-state index in [2.05, 4.69) is 12.2 Å². The van der Waals surface area contributed by atoms with E-state index < -0.39 is 0 Å². The van der Waals surface area contributed by atoms with Gasteiger partial charge in [0.2, 0.25) is 0 Å². The Morgan fingerprint density at radius 3 is 2.27 bits per heavy atom. The molecule has 0 amide bonds. The fourth-order valence-electron chi connectivity index (χ4n) is 2.14. The van der Waals surface area contributed by atoms with Crippen molar-refractivity contribution in [3.63, 3.8) is 0 Å². The number of carbonyl (C=O) groups is 1. The summed E-state index contributed by atoms with van der Waals surface area (Å²) in [4.78, 5) is 11.6. The largest absolute Gasteiger partial charge is 0.497 e. The van der Waals surface area contributed by atoms with E-state index in [9.17, 15) is 4.79 Å². The molecule has 2 rings (SSSR count). The highest BCUT2D eigenvalue weighted by atomic mass is 16.5. The molecule has 0 aromatic heterocycles. The molecule has 4 heteroatoms. The van der Waals surface area contributed by atoms with Gasteiger partial charge in [-0.3, -0.25) is 0 Å². The summed E-state index contributed by atoms with van der Waals surface area (Å²) in [5.41, 5.74) is 2.69. The summed E-state index contributed by atoms with van der Waals surface area (Å²) < 4.78 is 10.1. The van der Waals surface area contributed by atoms with Gasteiger partial charge in [0.25, 0.3) is 0 Å². The molecule has 1 N–H and O–H groups in total. The zero-order valence-electron chi connectivity index (χ0n) is 13.1. The van der Waals surface area contributed by atoms with Crippen LogP contribution in [0.2, 0.25) is 0 Å². The van der Waals surface area contributed by atoms with Crippen molar-refractivity contribution in [2.45, 2.75) is 19.9 Å². The van der Waals surface area contributed by atoms with Gasteiger partial charge in [-0.1, -0.05) is 12.1 Å². The Morgan fingerprint density at radius 1 is 1.09 bits per heavy atom. The molecule has 0 radical (unpaired) electrons. The van der Waals surface area contributed by atoms with Crippen LogP contribution in [0.3, 0.4) is 0 Å². The molecule has 0 aliphatic heterocycles. The lowest BCUT2D eigenvalue weighted by Gasteiger charge is -2.16. The van der Waals surface area contributed by atoms with Crippen LogP contribution in [0.25, 0.3) is 0 Å². The van der Waals surface area contributed by atoms with E-state index in [1.807, 2.05) is 36.4 Å². The fraction of sp³-hybridized carbons (Fsp3) is 0.278. The summed E-state index contributed by atoms with van der Waals surface area (Å²) >= 11 is 0. The Hall–Kier alpha value is -2.49. The van der Waals surface area contributed by atoms with Crippen molar-refractivity contribution in [3.8, 4) is 5.75 Å². The average Bonchev–Trinajstić information content (AvgIpc) is 2.56. The number of carbonyl (C=O) groups excluding carboxylic acids is 1. The second kappa shape index (κ2) is 7.50. The Labute approximate surface area is 131 Å². The first-order valence-electron chi connectivity index (χ1n) is 7.31. The van der Waals surface area contributed by atoms with Crippen molar-refractivity contribution >= 4 is 11.7 Å². The smallest absolute Gasteiger partial charge is 0.338 e. The summed E-state index contributed by atoms with van der Waals surface area (Å²) in [6, 6.07) is 15.4. The zero-order chi connectivity index (χ0) is 15.9. The van der Waals surface area contributed by atoms with Gasteiger partial charge in [0.15, 0.2) is 0 Å². The molecule has 0 spiro atoms. The van der Waals surface area contributed by atoms with E-state index in [1.54, 1.807) is 26.2 Å². The minimum absolute atomic E-state index is 0.129. The van der Waals surface area contributed by atoms with Crippen molar-refractivity contribution < 1.29 is 14.3 Å². The van der Waals surface area contributed by atoms with Crippen molar-refractivity contribution in [2.24, 2.45) is 0 Å². The topological polar surface area (TPSA) is 47.6 Å². The van der Waals surface area contributed by atoms with Crippen LogP contribution in [0, 0.1) is 0 Å². The van der Waals surface area contributed by atoms with Crippen LogP contribution in [0.15, 0.2) is 48.5 Å². The van der Waals surface area contributed by atoms with Crippen LogP contribution in [-0.4, -0.2) is 19.7 Å². The van der Waals surface area contributed by atoms with Gasteiger partial charge >= 0.3 is 5.97 Å². The molecule has 0 fully saturated rings. The quantitative estimate of drug-likeness (QED) is 0.818. The second-order valence-electron chi connectivity index (χ2n) is 4.94. The molecule has 0 saturated carbocycles. The van der Waals surface area contributed by atoms with E-state index in [4.69, 9.17) is 9.47 Å². The minimum Gasteiger partial charge on any atom is -0.497 e. The van der Waals surface area contributed by atoms with Gasteiger partial charge in [0.05, 0.1) is 19.3 Å². The maximum absolute atomic E-state index is 11.6. The number of rotatable bonds is 6. The molecular weight excluding hydrogens is 278 g/mol. The SMILES string of the molecule is CCOC(=O)c1ccc([C@@H](C)Nc2ccc(OC)cc2)cc1. The van der Waals surface area contributed by atoms with Crippen LogP contribution in [-0.2, 0) is 4.74 Å². The first-order valence-corrected chi connectivity index (χ1v) is 7.31. The van der Waals surface area contributed by atoms with Gasteiger partial charge in [0.1, 0.15) is 5.75 Å². The molecule has 22 heavy (non-hydrogen) atoms. The highest BCUT2D eigenvalue weighted by Gasteiger charge is 2.09. The zero-order valence-corrected chi connectivity index (χ0v) is 13.1. The van der Waals surface area contributed by atoms with E-state index >= 15 is 0 Å². The number of hydrogen-bond acceptors (Lipinski definition) is 4. The number of methoxy groups -OCH3 is 1. The fourth-order valence-corrected chi connectivity index (χ4v) is 2.14. The van der Waals surface area contributed by atoms with Crippen LogP contribution >= 0.6 is 0 Å². The number of nitrogens with one attached hydrogen (secondary N) is 1. The molecule has 1 atom stereocenters. The third-order valence-electron chi connectivity index (χ3n) is 3.40. The molecule has 0 bridgehead atoms. The van der Waals surface area contributed by atoms with Gasteiger partial charge in [0, 0.05) is 11.7 Å². The number of ether oxygens (including phenoxy) is 2. The van der Waals surface area contributed by atoms with Crippen LogP contribution in [0.5, 0.6) is 5.75 Å². The lowest BCUT2D eigenvalue weighted by molar-refractivity contribution is 0.0526. The van der Waals surface area contributed by atoms with Crippen molar-refractivity contribution in [3.05, 3.63) is 59.7 Å². The van der Waals surface area contributed by atoms with Crippen LogP contribution in [0.4, 0.5) is 5.69 Å². The third kappa shape index (κ3) is 4.01. The van der Waals surface area contributed by atoms with Gasteiger partial charge in [-0.25, -0.2) is 4.79 Å². The molecule has 0 saturated heterocycles. The lowest BCUT2D eigenvalue weighted by Crippen LogP contribution is -2.08. The molecule has 0 aliphatic rings. The predicted molar refractivity (Wildman–Crippen MR) is 87.4 cm³/mol. The van der Waals surface area contributed by atoms with E-state index in [0.717, 1.165) is 17.0 Å². The third-order valence-corrected chi connectivity index (χ3v) is 3.40. The standard InChI is InChI=1S/C18H21NO3/c1-4-22-18(20)15-7-5-14(6-8-15)13(2)19-16-9-11-17(21-3)12-10-16/h5-13,19H,4H2,1-3H3/t13-/m1/s1. The van der Waals surface area contributed by atoms with Crippen molar-refractivity contribution in [2.75, 3.05) is 19.0 Å². The minimum atomic E-state index is -0.287. The van der Waals surface area contributed by atoms with Crippen molar-refractivity contribution in [1.82, 2.24) is 0 Å². The predicted octanol–water partition coefficient (Wildman–Crippen LogP) is 4.05. The lowest BCUT2D eigenvalue weighted by atomic mass is 10.1. The van der Waals surface area contributed by atoms with Crippen molar-refractivity contribution in [1.29, 1.82) is 0 Å². The van der Waals surface area contributed by atoms with E-state index in [0.29, 0.717) is 12.2 Å². The molecule has 0 unspecified atom stereocenters. The van der Waals surface area contributed by atoms with Crippen LogP contribution in [0.1, 0.15) is 35.8 Å². The van der Waals surface area contributed by atoms with Crippen LogP contribution < -0.4 is 10.1 Å². The highest BCUT2D eigenvalue weighted by molar-refractivity contribution is 5.89. The molecule has 116 valence electrons. The molecule has 0 heterocycles. The molecule has 0 aliphatic carbocycles.